The fourth-order valence-corrected chi connectivity index (χ4v) is 6.24. The Labute approximate surface area is 151 Å². The summed E-state index contributed by atoms with van der Waals surface area (Å²) in [6.07, 6.45) is 4.86. The van der Waals surface area contributed by atoms with E-state index < -0.39 is 0 Å². The second-order valence-electron chi connectivity index (χ2n) is 9.03. The summed E-state index contributed by atoms with van der Waals surface area (Å²) in [6, 6.07) is 11.0. The molecule has 0 aliphatic heterocycles. The first kappa shape index (κ1) is 17.1. The second-order valence-corrected chi connectivity index (χ2v) is 9.03. The summed E-state index contributed by atoms with van der Waals surface area (Å²) < 4.78 is 0. The Balaban J connectivity index is 1.73. The molecular weight excluding hydrogens is 310 g/mol. The van der Waals surface area contributed by atoms with Crippen LogP contribution in [0.25, 0.3) is 0 Å². The van der Waals surface area contributed by atoms with E-state index in [0.29, 0.717) is 30.1 Å². The molecule has 0 saturated heterocycles. The highest BCUT2D eigenvalue weighted by Crippen LogP contribution is 2.64. The molecule has 25 heavy (non-hydrogen) atoms. The number of aliphatic hydroxyl groups excluding tert-OH is 1. The summed E-state index contributed by atoms with van der Waals surface area (Å²) in [6.45, 7) is 4.17. The molecule has 0 spiro atoms. The molecule has 136 valence electrons. The minimum Gasteiger partial charge on any atom is -0.393 e. The number of nitrogens with zero attached hydrogens (tertiary/aromatic N) is 1. The summed E-state index contributed by atoms with van der Waals surface area (Å²) in [5.41, 5.74) is 1.32. The third-order valence-corrected chi connectivity index (χ3v) is 7.70. The smallest absolute Gasteiger partial charge is 0.223 e. The number of aliphatic hydroxyl groups is 1. The largest absolute Gasteiger partial charge is 0.393 e. The van der Waals surface area contributed by atoms with Gasteiger partial charge < -0.3 is 10.0 Å². The summed E-state index contributed by atoms with van der Waals surface area (Å²) in [5.74, 6) is 2.25. The van der Waals surface area contributed by atoms with Crippen LogP contribution in [0.1, 0.15) is 51.5 Å². The molecule has 4 aliphatic rings. The summed E-state index contributed by atoms with van der Waals surface area (Å²) in [7, 11) is 1.94. The molecule has 4 aliphatic carbocycles. The van der Waals surface area contributed by atoms with Gasteiger partial charge in [0.2, 0.25) is 5.91 Å². The van der Waals surface area contributed by atoms with Crippen molar-refractivity contribution in [2.75, 3.05) is 7.05 Å². The molecule has 5 rings (SSSR count). The zero-order valence-electron chi connectivity index (χ0n) is 15.7. The first-order chi connectivity index (χ1) is 11.9. The maximum Gasteiger partial charge on any atom is 0.223 e. The van der Waals surface area contributed by atoms with Gasteiger partial charge in [0.25, 0.3) is 0 Å². The van der Waals surface area contributed by atoms with Crippen molar-refractivity contribution in [2.24, 2.45) is 23.7 Å². The maximum absolute atomic E-state index is 13.1. The Kier molecular flexibility index (Phi) is 4.18. The Morgan fingerprint density at radius 1 is 1.12 bits per heavy atom. The molecule has 1 aromatic carbocycles. The van der Waals surface area contributed by atoms with E-state index in [-0.39, 0.29) is 23.5 Å². The van der Waals surface area contributed by atoms with E-state index in [1.54, 1.807) is 0 Å². The molecule has 0 heterocycles. The van der Waals surface area contributed by atoms with E-state index in [4.69, 9.17) is 0 Å². The Morgan fingerprint density at radius 3 is 2.12 bits per heavy atom. The van der Waals surface area contributed by atoms with Gasteiger partial charge in [0.05, 0.1) is 6.10 Å². The average molecular weight is 341 g/mol. The first-order valence-electron chi connectivity index (χ1n) is 9.92. The lowest BCUT2D eigenvalue weighted by molar-refractivity contribution is -0.153. The summed E-state index contributed by atoms with van der Waals surface area (Å²) >= 11 is 0. The molecule has 1 N–H and O–H groups in total. The van der Waals surface area contributed by atoms with Crippen molar-refractivity contribution in [3.63, 3.8) is 0 Å². The van der Waals surface area contributed by atoms with Gasteiger partial charge in [0.1, 0.15) is 0 Å². The highest BCUT2D eigenvalue weighted by Gasteiger charge is 2.61. The van der Waals surface area contributed by atoms with Gasteiger partial charge in [-0.25, -0.2) is 0 Å². The van der Waals surface area contributed by atoms with Crippen molar-refractivity contribution < 1.29 is 9.90 Å². The van der Waals surface area contributed by atoms with Crippen molar-refractivity contribution >= 4 is 5.91 Å². The van der Waals surface area contributed by atoms with Crippen molar-refractivity contribution in [2.45, 2.75) is 63.5 Å². The standard InChI is InChI=1S/C22H31NO2/c1-14(2)23(3)20(24)13-22(17-7-5-4-6-8-17)18-9-15-10-19(22)12-16(11-18)21(15)25/h4-8,14-16,18-19,21,25H,9-13H2,1-3H3. The lowest BCUT2D eigenvalue weighted by Crippen LogP contribution is -2.61. The lowest BCUT2D eigenvalue weighted by atomic mass is 9.42. The summed E-state index contributed by atoms with van der Waals surface area (Å²) in [4.78, 5) is 15.0. The van der Waals surface area contributed by atoms with E-state index in [0.717, 1.165) is 25.7 Å². The van der Waals surface area contributed by atoms with Crippen LogP contribution in [-0.2, 0) is 10.2 Å². The third-order valence-electron chi connectivity index (χ3n) is 7.70. The van der Waals surface area contributed by atoms with Crippen LogP contribution in [0.4, 0.5) is 0 Å². The Bertz CT molecular complexity index is 609. The van der Waals surface area contributed by atoms with Crippen LogP contribution in [-0.4, -0.2) is 35.1 Å². The lowest BCUT2D eigenvalue weighted by Gasteiger charge is -2.63. The molecule has 0 aromatic heterocycles. The van der Waals surface area contributed by atoms with Gasteiger partial charge in [-0.15, -0.1) is 0 Å². The average Bonchev–Trinajstić information content (AvgIpc) is 2.59. The molecule has 4 bridgehead atoms. The van der Waals surface area contributed by atoms with Crippen LogP contribution in [0.5, 0.6) is 0 Å². The quantitative estimate of drug-likeness (QED) is 0.909. The second kappa shape index (κ2) is 6.12. The van der Waals surface area contributed by atoms with E-state index >= 15 is 0 Å². The molecular formula is C22H31NO2. The zero-order chi connectivity index (χ0) is 17.8. The normalized spacial score (nSPS) is 39.0. The molecule has 0 atom stereocenters. The van der Waals surface area contributed by atoms with Crippen molar-refractivity contribution in [1.82, 2.24) is 4.90 Å². The van der Waals surface area contributed by atoms with Crippen LogP contribution >= 0.6 is 0 Å². The molecule has 4 fully saturated rings. The molecule has 4 saturated carbocycles. The van der Waals surface area contributed by atoms with Gasteiger partial charge in [-0.3, -0.25) is 4.79 Å². The molecule has 3 nitrogen and oxygen atoms in total. The maximum atomic E-state index is 13.1. The number of carbonyl (C=O) groups is 1. The van der Waals surface area contributed by atoms with Crippen LogP contribution in [0.2, 0.25) is 0 Å². The first-order valence-corrected chi connectivity index (χ1v) is 9.92. The topological polar surface area (TPSA) is 40.5 Å². The number of hydrogen-bond acceptors (Lipinski definition) is 2. The number of amides is 1. The number of hydrogen-bond donors (Lipinski definition) is 1. The van der Waals surface area contributed by atoms with E-state index in [9.17, 15) is 9.90 Å². The van der Waals surface area contributed by atoms with Crippen molar-refractivity contribution in [3.05, 3.63) is 35.9 Å². The molecule has 1 amide bonds. The van der Waals surface area contributed by atoms with Crippen LogP contribution in [0.3, 0.4) is 0 Å². The van der Waals surface area contributed by atoms with E-state index in [1.807, 2.05) is 11.9 Å². The van der Waals surface area contributed by atoms with Crippen molar-refractivity contribution in [1.29, 1.82) is 0 Å². The molecule has 0 radical (unpaired) electrons. The van der Waals surface area contributed by atoms with Gasteiger partial charge in [-0.05, 0) is 68.8 Å². The minimum absolute atomic E-state index is 0.0331. The van der Waals surface area contributed by atoms with E-state index in [1.165, 1.54) is 5.56 Å². The Hall–Kier alpha value is -1.35. The highest BCUT2D eigenvalue weighted by molar-refractivity contribution is 5.78. The molecule has 1 aromatic rings. The fourth-order valence-electron chi connectivity index (χ4n) is 6.24. The van der Waals surface area contributed by atoms with Gasteiger partial charge in [0, 0.05) is 24.9 Å². The fraction of sp³-hybridized carbons (Fsp3) is 0.682. The number of rotatable bonds is 4. The molecule has 3 heteroatoms. The van der Waals surface area contributed by atoms with Gasteiger partial charge >= 0.3 is 0 Å². The van der Waals surface area contributed by atoms with Crippen LogP contribution in [0.15, 0.2) is 30.3 Å². The third kappa shape index (κ3) is 2.54. The summed E-state index contributed by atoms with van der Waals surface area (Å²) in [5, 5.41) is 10.5. The Morgan fingerprint density at radius 2 is 1.64 bits per heavy atom. The number of carbonyl (C=O) groups excluding carboxylic acids is 1. The van der Waals surface area contributed by atoms with Gasteiger partial charge in [0.15, 0.2) is 0 Å². The van der Waals surface area contributed by atoms with E-state index in [2.05, 4.69) is 44.2 Å². The van der Waals surface area contributed by atoms with Crippen molar-refractivity contribution in [3.8, 4) is 0 Å². The van der Waals surface area contributed by atoms with Crippen LogP contribution in [0, 0.1) is 23.7 Å². The number of benzene rings is 1. The monoisotopic (exact) mass is 341 g/mol. The van der Waals surface area contributed by atoms with Crippen LogP contribution < -0.4 is 0 Å². The minimum atomic E-state index is -0.102. The predicted octanol–water partition coefficient (Wildman–Crippen LogP) is 3.61. The van der Waals surface area contributed by atoms with Gasteiger partial charge in [-0.2, -0.15) is 0 Å². The van der Waals surface area contributed by atoms with Gasteiger partial charge in [-0.1, -0.05) is 30.3 Å². The predicted molar refractivity (Wildman–Crippen MR) is 99.1 cm³/mol. The highest BCUT2D eigenvalue weighted by atomic mass is 16.3. The zero-order valence-corrected chi connectivity index (χ0v) is 15.7. The molecule has 0 unspecified atom stereocenters. The SMILES string of the molecule is CC(C)N(C)C(=O)CC1(c2ccccc2)C2CC3CC1CC(C2)C3O.